The van der Waals surface area contributed by atoms with E-state index in [0.29, 0.717) is 18.5 Å². The lowest BCUT2D eigenvalue weighted by molar-refractivity contribution is 0.112. The SMILES string of the molecule is CC(C)(C)Cc1nc(Cl)c(C=O)c(Cl)n1. The molecule has 5 heteroatoms. The predicted molar refractivity (Wildman–Crippen MR) is 60.6 cm³/mol. The third kappa shape index (κ3) is 3.43. The number of halogens is 2. The van der Waals surface area contributed by atoms with Crippen LogP contribution in [0.2, 0.25) is 10.3 Å². The van der Waals surface area contributed by atoms with Gasteiger partial charge in [-0.1, -0.05) is 44.0 Å². The Bertz CT molecular complexity index is 362. The Hall–Kier alpha value is -0.670. The van der Waals surface area contributed by atoms with E-state index in [9.17, 15) is 4.79 Å². The Morgan fingerprint density at radius 1 is 1.20 bits per heavy atom. The van der Waals surface area contributed by atoms with Gasteiger partial charge in [0, 0.05) is 6.42 Å². The molecule has 0 saturated heterocycles. The summed E-state index contributed by atoms with van der Waals surface area (Å²) in [4.78, 5) is 18.7. The Morgan fingerprint density at radius 2 is 1.67 bits per heavy atom. The summed E-state index contributed by atoms with van der Waals surface area (Å²) in [5.41, 5.74) is 0.200. The number of nitrogens with zero attached hydrogens (tertiary/aromatic N) is 2. The largest absolute Gasteiger partial charge is 0.298 e. The molecule has 0 unspecified atom stereocenters. The van der Waals surface area contributed by atoms with Crippen LogP contribution in [0.1, 0.15) is 37.0 Å². The van der Waals surface area contributed by atoms with Crippen LogP contribution in [0.4, 0.5) is 0 Å². The Balaban J connectivity index is 3.09. The lowest BCUT2D eigenvalue weighted by Crippen LogP contribution is -2.13. The van der Waals surface area contributed by atoms with Crippen LogP contribution in [0.3, 0.4) is 0 Å². The standard InChI is InChI=1S/C10H12Cl2N2O/c1-10(2,3)4-7-13-8(11)6(5-15)9(12)14-7/h5H,4H2,1-3H3. The zero-order chi connectivity index (χ0) is 11.6. The van der Waals surface area contributed by atoms with Crippen molar-refractivity contribution in [1.82, 2.24) is 9.97 Å². The van der Waals surface area contributed by atoms with Gasteiger partial charge in [0.1, 0.15) is 16.1 Å². The van der Waals surface area contributed by atoms with Gasteiger partial charge in [-0.15, -0.1) is 0 Å². The van der Waals surface area contributed by atoms with E-state index in [2.05, 4.69) is 30.7 Å². The Labute approximate surface area is 98.8 Å². The van der Waals surface area contributed by atoms with Crippen molar-refractivity contribution in [3.05, 3.63) is 21.7 Å². The van der Waals surface area contributed by atoms with E-state index in [1.165, 1.54) is 0 Å². The van der Waals surface area contributed by atoms with E-state index in [1.54, 1.807) is 0 Å². The molecule has 1 rings (SSSR count). The summed E-state index contributed by atoms with van der Waals surface area (Å²) in [6.45, 7) is 6.18. The third-order valence-electron chi connectivity index (χ3n) is 1.71. The van der Waals surface area contributed by atoms with Crippen LogP contribution < -0.4 is 0 Å². The molecule has 0 aliphatic rings. The molecular formula is C10H12Cl2N2O. The van der Waals surface area contributed by atoms with Gasteiger partial charge in [-0.05, 0) is 5.41 Å². The number of carbonyl (C=O) groups is 1. The predicted octanol–water partition coefficient (Wildman–Crippen LogP) is 3.18. The maximum absolute atomic E-state index is 10.6. The molecule has 0 radical (unpaired) electrons. The molecule has 1 aromatic rings. The zero-order valence-electron chi connectivity index (χ0n) is 8.84. The summed E-state index contributed by atoms with van der Waals surface area (Å²) >= 11 is 11.6. The molecule has 0 fully saturated rings. The topological polar surface area (TPSA) is 42.9 Å². The van der Waals surface area contributed by atoms with E-state index in [4.69, 9.17) is 23.2 Å². The molecule has 0 aromatic carbocycles. The fourth-order valence-electron chi connectivity index (χ4n) is 1.11. The molecule has 0 aliphatic carbocycles. The first-order valence-electron chi connectivity index (χ1n) is 4.50. The average molecular weight is 247 g/mol. The van der Waals surface area contributed by atoms with Crippen molar-refractivity contribution in [1.29, 1.82) is 0 Å². The van der Waals surface area contributed by atoms with Crippen molar-refractivity contribution in [2.24, 2.45) is 5.41 Å². The van der Waals surface area contributed by atoms with E-state index in [0.717, 1.165) is 0 Å². The van der Waals surface area contributed by atoms with Gasteiger partial charge in [0.15, 0.2) is 6.29 Å². The van der Waals surface area contributed by atoms with Gasteiger partial charge in [-0.3, -0.25) is 4.79 Å². The highest BCUT2D eigenvalue weighted by Crippen LogP contribution is 2.23. The van der Waals surface area contributed by atoms with E-state index in [1.807, 2.05) is 0 Å². The number of aldehydes is 1. The molecule has 0 N–H and O–H groups in total. The molecule has 0 saturated carbocycles. The minimum atomic E-state index is 0.0509. The maximum Gasteiger partial charge on any atom is 0.156 e. The zero-order valence-corrected chi connectivity index (χ0v) is 10.4. The van der Waals surface area contributed by atoms with Crippen LogP contribution in [0, 0.1) is 5.41 Å². The van der Waals surface area contributed by atoms with Crippen LogP contribution >= 0.6 is 23.2 Å². The Kier molecular flexibility index (Phi) is 3.68. The van der Waals surface area contributed by atoms with Crippen LogP contribution in [0.15, 0.2) is 0 Å². The minimum absolute atomic E-state index is 0.0509. The molecule has 0 bridgehead atoms. The van der Waals surface area contributed by atoms with Crippen molar-refractivity contribution in [2.75, 3.05) is 0 Å². The van der Waals surface area contributed by atoms with Gasteiger partial charge < -0.3 is 0 Å². The number of rotatable bonds is 2. The number of hydrogen-bond donors (Lipinski definition) is 0. The fraction of sp³-hybridized carbons (Fsp3) is 0.500. The molecule has 1 heterocycles. The molecule has 1 aromatic heterocycles. The summed E-state index contributed by atoms with van der Waals surface area (Å²) < 4.78 is 0. The number of carbonyl (C=O) groups excluding carboxylic acids is 1. The Morgan fingerprint density at radius 3 is 2.00 bits per heavy atom. The summed E-state index contributed by atoms with van der Waals surface area (Å²) in [6, 6.07) is 0. The quantitative estimate of drug-likeness (QED) is 0.595. The first-order valence-corrected chi connectivity index (χ1v) is 5.26. The van der Waals surface area contributed by atoms with Crippen molar-refractivity contribution < 1.29 is 4.79 Å². The monoisotopic (exact) mass is 246 g/mol. The van der Waals surface area contributed by atoms with Gasteiger partial charge in [-0.2, -0.15) is 0 Å². The second-order valence-corrected chi connectivity index (χ2v) is 5.21. The van der Waals surface area contributed by atoms with Gasteiger partial charge in [0.25, 0.3) is 0 Å². The van der Waals surface area contributed by atoms with Crippen molar-refractivity contribution in [3.63, 3.8) is 0 Å². The van der Waals surface area contributed by atoms with Gasteiger partial charge in [-0.25, -0.2) is 9.97 Å². The molecule has 3 nitrogen and oxygen atoms in total. The van der Waals surface area contributed by atoms with Gasteiger partial charge in [0.2, 0.25) is 0 Å². The van der Waals surface area contributed by atoms with Crippen molar-refractivity contribution >= 4 is 29.5 Å². The van der Waals surface area contributed by atoms with Crippen LogP contribution in [-0.2, 0) is 6.42 Å². The van der Waals surface area contributed by atoms with Gasteiger partial charge >= 0.3 is 0 Å². The minimum Gasteiger partial charge on any atom is -0.298 e. The number of aromatic nitrogens is 2. The van der Waals surface area contributed by atoms with E-state index < -0.39 is 0 Å². The molecule has 0 amide bonds. The highest BCUT2D eigenvalue weighted by Gasteiger charge is 2.16. The highest BCUT2D eigenvalue weighted by atomic mass is 35.5. The first-order chi connectivity index (χ1) is 6.83. The first kappa shape index (κ1) is 12.4. The maximum atomic E-state index is 10.6. The van der Waals surface area contributed by atoms with E-state index >= 15 is 0 Å². The molecule has 0 atom stereocenters. The fourth-order valence-corrected chi connectivity index (χ4v) is 1.62. The normalized spacial score (nSPS) is 11.5. The van der Waals surface area contributed by atoms with E-state index in [-0.39, 0.29) is 21.3 Å². The van der Waals surface area contributed by atoms with Crippen LogP contribution in [0.5, 0.6) is 0 Å². The highest BCUT2D eigenvalue weighted by molar-refractivity contribution is 6.36. The van der Waals surface area contributed by atoms with Gasteiger partial charge in [0.05, 0.1) is 5.56 Å². The summed E-state index contributed by atoms with van der Waals surface area (Å²) in [7, 11) is 0. The lowest BCUT2D eigenvalue weighted by Gasteiger charge is -2.16. The number of hydrogen-bond acceptors (Lipinski definition) is 3. The smallest absolute Gasteiger partial charge is 0.156 e. The summed E-state index contributed by atoms with van der Waals surface area (Å²) in [6.07, 6.45) is 1.22. The molecule has 0 aliphatic heterocycles. The second kappa shape index (κ2) is 4.45. The summed E-state index contributed by atoms with van der Waals surface area (Å²) in [5.74, 6) is 0.558. The van der Waals surface area contributed by atoms with Crippen LogP contribution in [0.25, 0.3) is 0 Å². The van der Waals surface area contributed by atoms with Crippen LogP contribution in [-0.4, -0.2) is 16.3 Å². The third-order valence-corrected chi connectivity index (χ3v) is 2.28. The lowest BCUT2D eigenvalue weighted by atomic mass is 9.92. The van der Waals surface area contributed by atoms with Crippen molar-refractivity contribution in [2.45, 2.75) is 27.2 Å². The molecule has 15 heavy (non-hydrogen) atoms. The molecule has 0 spiro atoms. The second-order valence-electron chi connectivity index (χ2n) is 4.49. The molecular weight excluding hydrogens is 235 g/mol. The average Bonchev–Trinajstić information content (AvgIpc) is 1.99. The molecule has 82 valence electrons. The van der Waals surface area contributed by atoms with Crippen molar-refractivity contribution in [3.8, 4) is 0 Å². The summed E-state index contributed by atoms with van der Waals surface area (Å²) in [5, 5.41) is 0.230.